The first-order valence-corrected chi connectivity index (χ1v) is 5.80. The van der Waals surface area contributed by atoms with Crippen molar-refractivity contribution < 1.29 is 9.72 Å². The summed E-state index contributed by atoms with van der Waals surface area (Å²) >= 11 is 3.71. The van der Waals surface area contributed by atoms with Crippen LogP contribution in [0.2, 0.25) is 0 Å². The van der Waals surface area contributed by atoms with Crippen molar-refractivity contribution in [1.82, 2.24) is 4.98 Å². The first kappa shape index (κ1) is 15.4. The van der Waals surface area contributed by atoms with Crippen LogP contribution >= 0.6 is 12.8 Å². The van der Waals surface area contributed by atoms with Gasteiger partial charge in [0, 0.05) is 36.2 Å². The predicted molar refractivity (Wildman–Crippen MR) is 78.2 cm³/mol. The lowest BCUT2D eigenvalue weighted by Gasteiger charge is -1.92. The number of nitro groups is 1. The number of pyridine rings is 1. The zero-order chi connectivity index (χ0) is 15.0. The maximum Gasteiger partial charge on any atom is 0.270 e. The Balaban J connectivity index is 0.000000204. The fourth-order valence-electron chi connectivity index (χ4n) is 1.22. The molecule has 0 bridgehead atoms. The van der Waals surface area contributed by atoms with E-state index in [1.165, 1.54) is 30.3 Å². The van der Waals surface area contributed by atoms with Gasteiger partial charge < -0.3 is 9.71 Å². The SMILES string of the molecule is O=Cc1cccc([N+](=O)[O-])c1.O=c1cc[nH]cc1NS. The molecule has 0 spiro atoms. The van der Waals surface area contributed by atoms with E-state index < -0.39 is 4.92 Å². The summed E-state index contributed by atoms with van der Waals surface area (Å²) < 4.78 is 2.45. The molecule has 2 aromatic rings. The molecule has 7 nitrogen and oxygen atoms in total. The predicted octanol–water partition coefficient (Wildman–Crippen LogP) is 2.04. The molecule has 0 saturated carbocycles. The summed E-state index contributed by atoms with van der Waals surface area (Å²) in [6, 6.07) is 6.99. The van der Waals surface area contributed by atoms with Gasteiger partial charge in [0.2, 0.25) is 5.43 Å². The van der Waals surface area contributed by atoms with Crippen LogP contribution < -0.4 is 10.2 Å². The lowest BCUT2D eigenvalue weighted by molar-refractivity contribution is -0.384. The molecule has 1 aromatic carbocycles. The van der Waals surface area contributed by atoms with E-state index in [9.17, 15) is 19.7 Å². The van der Waals surface area contributed by atoms with Crippen molar-refractivity contribution in [2.24, 2.45) is 0 Å². The molecule has 0 aliphatic rings. The van der Waals surface area contributed by atoms with E-state index in [0.29, 0.717) is 17.5 Å². The number of rotatable bonds is 3. The van der Waals surface area contributed by atoms with Crippen molar-refractivity contribution in [3.8, 4) is 0 Å². The van der Waals surface area contributed by atoms with E-state index in [4.69, 9.17) is 0 Å². The number of anilines is 1. The van der Waals surface area contributed by atoms with Gasteiger partial charge in [0.15, 0.2) is 0 Å². The Morgan fingerprint density at radius 2 is 2.10 bits per heavy atom. The highest BCUT2D eigenvalue weighted by Gasteiger charge is 2.03. The van der Waals surface area contributed by atoms with Crippen LogP contribution in [0, 0.1) is 10.1 Å². The molecule has 104 valence electrons. The van der Waals surface area contributed by atoms with Crippen LogP contribution in [-0.4, -0.2) is 16.2 Å². The van der Waals surface area contributed by atoms with Crippen molar-refractivity contribution in [2.45, 2.75) is 0 Å². The first-order valence-electron chi connectivity index (χ1n) is 5.35. The van der Waals surface area contributed by atoms with Gasteiger partial charge in [0.05, 0.1) is 4.92 Å². The van der Waals surface area contributed by atoms with Gasteiger partial charge in [-0.1, -0.05) is 24.9 Å². The molecule has 1 aromatic heterocycles. The van der Waals surface area contributed by atoms with Crippen molar-refractivity contribution in [2.75, 3.05) is 4.72 Å². The largest absolute Gasteiger partial charge is 0.366 e. The lowest BCUT2D eigenvalue weighted by atomic mass is 10.2. The van der Waals surface area contributed by atoms with Crippen molar-refractivity contribution in [3.63, 3.8) is 0 Å². The van der Waals surface area contributed by atoms with Gasteiger partial charge in [0.1, 0.15) is 12.0 Å². The van der Waals surface area contributed by atoms with Gasteiger partial charge in [-0.3, -0.25) is 19.7 Å². The van der Waals surface area contributed by atoms with Crippen LogP contribution in [0.4, 0.5) is 11.4 Å². The summed E-state index contributed by atoms with van der Waals surface area (Å²) in [6.07, 6.45) is 3.69. The van der Waals surface area contributed by atoms with Gasteiger partial charge in [-0.25, -0.2) is 0 Å². The number of carbonyl (C=O) groups excluding carboxylic acids is 1. The van der Waals surface area contributed by atoms with Crippen LogP contribution in [0.1, 0.15) is 10.4 Å². The van der Waals surface area contributed by atoms with Gasteiger partial charge in [-0.05, 0) is 0 Å². The minimum absolute atomic E-state index is 0.0606. The molecule has 0 unspecified atom stereocenters. The number of nitrogens with zero attached hydrogens (tertiary/aromatic N) is 1. The zero-order valence-electron chi connectivity index (χ0n) is 10.1. The number of hydrogen-bond donors (Lipinski definition) is 3. The van der Waals surface area contributed by atoms with E-state index >= 15 is 0 Å². The zero-order valence-corrected chi connectivity index (χ0v) is 11.0. The summed E-state index contributed by atoms with van der Waals surface area (Å²) in [5.41, 5.74) is 0.651. The average Bonchev–Trinajstić information content (AvgIpc) is 2.48. The number of aromatic nitrogens is 1. The normalized spacial score (nSPS) is 9.05. The third kappa shape index (κ3) is 4.58. The molecule has 0 aliphatic carbocycles. The molecular weight excluding hydrogens is 282 g/mol. The van der Waals surface area contributed by atoms with Crippen LogP contribution in [0.15, 0.2) is 47.5 Å². The summed E-state index contributed by atoms with van der Waals surface area (Å²) in [4.78, 5) is 33.2. The lowest BCUT2D eigenvalue weighted by Crippen LogP contribution is -2.02. The average molecular weight is 293 g/mol. The Morgan fingerprint density at radius 3 is 2.60 bits per heavy atom. The number of nitrogens with one attached hydrogen (secondary N) is 2. The number of carbonyl (C=O) groups is 1. The number of non-ortho nitro benzene ring substituents is 1. The highest BCUT2D eigenvalue weighted by atomic mass is 32.1. The molecule has 2 rings (SSSR count). The van der Waals surface area contributed by atoms with Gasteiger partial charge in [0.25, 0.3) is 5.69 Å². The van der Waals surface area contributed by atoms with E-state index in [2.05, 4.69) is 22.5 Å². The minimum Gasteiger partial charge on any atom is -0.366 e. The van der Waals surface area contributed by atoms with Gasteiger partial charge >= 0.3 is 0 Å². The van der Waals surface area contributed by atoms with Crippen LogP contribution in [0.25, 0.3) is 0 Å². The molecule has 20 heavy (non-hydrogen) atoms. The second kappa shape index (κ2) is 7.74. The highest BCUT2D eigenvalue weighted by molar-refractivity contribution is 7.81. The van der Waals surface area contributed by atoms with E-state index in [0.717, 1.165) is 0 Å². The Kier molecular flexibility index (Phi) is 5.98. The molecule has 0 radical (unpaired) electrons. The number of aromatic amines is 1. The highest BCUT2D eigenvalue weighted by Crippen LogP contribution is 2.10. The monoisotopic (exact) mass is 293 g/mol. The fourth-order valence-corrected chi connectivity index (χ4v) is 1.39. The first-order chi connectivity index (χ1) is 9.58. The number of H-pyrrole nitrogens is 1. The minimum atomic E-state index is -0.535. The second-order valence-electron chi connectivity index (χ2n) is 3.50. The third-order valence-corrected chi connectivity index (χ3v) is 2.40. The van der Waals surface area contributed by atoms with Crippen LogP contribution in [-0.2, 0) is 0 Å². The number of aldehydes is 1. The smallest absolute Gasteiger partial charge is 0.270 e. The van der Waals surface area contributed by atoms with Crippen molar-refractivity contribution in [1.29, 1.82) is 0 Å². The van der Waals surface area contributed by atoms with Crippen molar-refractivity contribution >= 4 is 30.5 Å². The molecule has 8 heteroatoms. The van der Waals surface area contributed by atoms with E-state index in [1.807, 2.05) is 0 Å². The quantitative estimate of drug-likeness (QED) is 0.347. The Bertz CT molecular complexity index is 657. The second-order valence-corrected chi connectivity index (χ2v) is 3.73. The number of thiol groups is 1. The number of benzene rings is 1. The standard InChI is InChI=1S/C7H5NO3.C5H6N2OS/c9-5-6-2-1-3-7(4-6)8(10)11;8-5-1-2-6-3-4(5)7-9/h1-5H;1-3,7,9H,(H,6,8). The maximum atomic E-state index is 10.7. The molecule has 0 fully saturated rings. The summed E-state index contributed by atoms with van der Waals surface area (Å²) in [5, 5.41) is 10.2. The summed E-state index contributed by atoms with van der Waals surface area (Å²) in [5.74, 6) is 0. The Hall–Kier alpha value is -2.61. The van der Waals surface area contributed by atoms with Crippen molar-refractivity contribution in [3.05, 3.63) is 68.6 Å². The summed E-state index contributed by atoms with van der Waals surface area (Å²) in [7, 11) is 0. The number of nitro benzene ring substituents is 1. The Labute approximate surface area is 119 Å². The Morgan fingerprint density at radius 1 is 1.35 bits per heavy atom. The maximum absolute atomic E-state index is 10.7. The molecule has 0 aliphatic heterocycles. The van der Waals surface area contributed by atoms with E-state index in [-0.39, 0.29) is 11.1 Å². The molecule has 0 saturated heterocycles. The molecule has 0 amide bonds. The van der Waals surface area contributed by atoms with Gasteiger partial charge in [-0.2, -0.15) is 0 Å². The van der Waals surface area contributed by atoms with E-state index in [1.54, 1.807) is 12.4 Å². The molecular formula is C12H11N3O4S. The molecule has 1 heterocycles. The molecule has 0 atom stereocenters. The van der Waals surface area contributed by atoms with Gasteiger partial charge in [-0.15, -0.1) is 0 Å². The third-order valence-electron chi connectivity index (χ3n) is 2.16. The van der Waals surface area contributed by atoms with Crippen LogP contribution in [0.3, 0.4) is 0 Å². The summed E-state index contributed by atoms with van der Waals surface area (Å²) in [6.45, 7) is 0. The topological polar surface area (TPSA) is 105 Å². The van der Waals surface area contributed by atoms with Crippen LogP contribution in [0.5, 0.6) is 0 Å². The molecule has 2 N–H and O–H groups in total. The fraction of sp³-hybridized carbons (Fsp3) is 0. The number of hydrogen-bond acceptors (Lipinski definition) is 6.